The van der Waals surface area contributed by atoms with Crippen LogP contribution in [-0.2, 0) is 0 Å². The molecule has 1 N–H and O–H groups in total. The number of ether oxygens (including phenoxy) is 1. The highest BCUT2D eigenvalue weighted by atomic mass is 16.5. The minimum atomic E-state index is 0.292. The lowest BCUT2D eigenvalue weighted by atomic mass is 10.0. The minimum absolute atomic E-state index is 0.292. The van der Waals surface area contributed by atoms with Crippen LogP contribution in [0.25, 0.3) is 10.8 Å². The summed E-state index contributed by atoms with van der Waals surface area (Å²) in [6, 6.07) is 13.1. The molecule has 2 heteroatoms. The van der Waals surface area contributed by atoms with E-state index < -0.39 is 0 Å². The van der Waals surface area contributed by atoms with Crippen molar-refractivity contribution >= 4 is 10.8 Å². The van der Waals surface area contributed by atoms with Crippen LogP contribution in [0.1, 0.15) is 44.7 Å². The van der Waals surface area contributed by atoms with Crippen molar-refractivity contribution in [3.63, 3.8) is 0 Å². The molecule has 0 aliphatic carbocycles. The van der Waals surface area contributed by atoms with Crippen LogP contribution in [0.4, 0.5) is 0 Å². The van der Waals surface area contributed by atoms with Crippen LogP contribution in [0.2, 0.25) is 0 Å². The standard InChI is InChI=1S/C18H25NO/c1-4-5-8-13-20-18-16(14(2)19-3)12-11-15-9-6-7-10-17(15)18/h6-7,9-12,14,19H,4-5,8,13H2,1-3H3. The number of hydrogen-bond acceptors (Lipinski definition) is 2. The second-order valence-electron chi connectivity index (χ2n) is 5.27. The first-order chi connectivity index (χ1) is 9.77. The molecule has 2 aromatic carbocycles. The molecular weight excluding hydrogens is 246 g/mol. The maximum atomic E-state index is 6.14. The quantitative estimate of drug-likeness (QED) is 0.738. The molecular formula is C18H25NO. The molecule has 0 aliphatic rings. The van der Waals surface area contributed by atoms with Crippen molar-refractivity contribution in [3.05, 3.63) is 42.0 Å². The van der Waals surface area contributed by atoms with Crippen LogP contribution in [0.3, 0.4) is 0 Å². The van der Waals surface area contributed by atoms with E-state index in [-0.39, 0.29) is 0 Å². The monoisotopic (exact) mass is 271 g/mol. The van der Waals surface area contributed by atoms with E-state index in [1.54, 1.807) is 0 Å². The predicted molar refractivity (Wildman–Crippen MR) is 86.4 cm³/mol. The summed E-state index contributed by atoms with van der Waals surface area (Å²) < 4.78 is 6.14. The summed E-state index contributed by atoms with van der Waals surface area (Å²) in [7, 11) is 1.99. The van der Waals surface area contributed by atoms with Crippen molar-refractivity contribution in [2.75, 3.05) is 13.7 Å². The third kappa shape index (κ3) is 3.31. The summed E-state index contributed by atoms with van der Waals surface area (Å²) in [6.07, 6.45) is 3.56. The Balaban J connectivity index is 2.34. The van der Waals surface area contributed by atoms with Crippen molar-refractivity contribution in [3.8, 4) is 5.75 Å². The molecule has 20 heavy (non-hydrogen) atoms. The third-order valence-corrected chi connectivity index (χ3v) is 3.80. The van der Waals surface area contributed by atoms with Crippen LogP contribution in [0.5, 0.6) is 5.75 Å². The Morgan fingerprint density at radius 2 is 1.90 bits per heavy atom. The van der Waals surface area contributed by atoms with Gasteiger partial charge >= 0.3 is 0 Å². The Morgan fingerprint density at radius 3 is 2.65 bits per heavy atom. The molecule has 0 radical (unpaired) electrons. The summed E-state index contributed by atoms with van der Waals surface area (Å²) in [5, 5.41) is 5.76. The lowest BCUT2D eigenvalue weighted by Gasteiger charge is -2.18. The first-order valence-electron chi connectivity index (χ1n) is 7.59. The topological polar surface area (TPSA) is 21.3 Å². The largest absolute Gasteiger partial charge is 0.493 e. The van der Waals surface area contributed by atoms with Crippen molar-refractivity contribution in [1.29, 1.82) is 0 Å². The van der Waals surface area contributed by atoms with Crippen molar-refractivity contribution < 1.29 is 4.74 Å². The van der Waals surface area contributed by atoms with Gasteiger partial charge in [0.15, 0.2) is 0 Å². The zero-order valence-corrected chi connectivity index (χ0v) is 12.8. The van der Waals surface area contributed by atoms with Gasteiger partial charge in [-0.1, -0.05) is 56.2 Å². The summed E-state index contributed by atoms with van der Waals surface area (Å²) in [4.78, 5) is 0. The number of nitrogens with one attached hydrogen (secondary N) is 1. The van der Waals surface area contributed by atoms with E-state index in [9.17, 15) is 0 Å². The van der Waals surface area contributed by atoms with Crippen molar-refractivity contribution in [1.82, 2.24) is 5.32 Å². The lowest BCUT2D eigenvalue weighted by Crippen LogP contribution is -2.14. The van der Waals surface area contributed by atoms with E-state index in [4.69, 9.17) is 4.74 Å². The normalized spacial score (nSPS) is 12.6. The SMILES string of the molecule is CCCCCOc1c(C(C)NC)ccc2ccccc12. The van der Waals surface area contributed by atoms with Gasteiger partial charge in [0.25, 0.3) is 0 Å². The Hall–Kier alpha value is -1.54. The molecule has 2 rings (SSSR count). The highest BCUT2D eigenvalue weighted by Gasteiger charge is 2.13. The van der Waals surface area contributed by atoms with E-state index in [1.807, 2.05) is 7.05 Å². The van der Waals surface area contributed by atoms with Crippen molar-refractivity contribution in [2.24, 2.45) is 0 Å². The molecule has 1 unspecified atom stereocenters. The zero-order valence-electron chi connectivity index (χ0n) is 12.8. The summed E-state index contributed by atoms with van der Waals surface area (Å²) in [5.74, 6) is 1.04. The van der Waals surface area contributed by atoms with Gasteiger partial charge in [-0.3, -0.25) is 0 Å². The maximum absolute atomic E-state index is 6.14. The molecule has 0 bridgehead atoms. The third-order valence-electron chi connectivity index (χ3n) is 3.80. The van der Waals surface area contributed by atoms with Gasteiger partial charge in [-0.2, -0.15) is 0 Å². The number of unbranched alkanes of at least 4 members (excludes halogenated alkanes) is 2. The van der Waals surface area contributed by atoms with Gasteiger partial charge in [0.1, 0.15) is 5.75 Å². The van der Waals surface area contributed by atoms with Crippen LogP contribution < -0.4 is 10.1 Å². The summed E-state index contributed by atoms with van der Waals surface area (Å²) in [5.41, 5.74) is 1.24. The fourth-order valence-electron chi connectivity index (χ4n) is 2.44. The van der Waals surface area contributed by atoms with Gasteiger partial charge in [0, 0.05) is 17.0 Å². The molecule has 2 aromatic rings. The molecule has 0 amide bonds. The number of benzene rings is 2. The Kier molecular flexibility index (Phi) is 5.42. The van der Waals surface area contributed by atoms with E-state index in [0.717, 1.165) is 18.8 Å². The van der Waals surface area contributed by atoms with E-state index >= 15 is 0 Å². The molecule has 1 atom stereocenters. The van der Waals surface area contributed by atoms with Crippen LogP contribution in [0, 0.1) is 0 Å². The Labute approximate surface area is 122 Å². The molecule has 0 spiro atoms. The Morgan fingerprint density at radius 1 is 1.10 bits per heavy atom. The fourth-order valence-corrected chi connectivity index (χ4v) is 2.44. The van der Waals surface area contributed by atoms with Gasteiger partial charge in [-0.05, 0) is 25.8 Å². The van der Waals surface area contributed by atoms with Crippen molar-refractivity contribution in [2.45, 2.75) is 39.2 Å². The average molecular weight is 271 g/mol. The molecule has 0 heterocycles. The lowest BCUT2D eigenvalue weighted by molar-refractivity contribution is 0.304. The van der Waals surface area contributed by atoms with E-state index in [0.29, 0.717) is 6.04 Å². The van der Waals surface area contributed by atoms with Gasteiger partial charge in [0.2, 0.25) is 0 Å². The molecule has 108 valence electrons. The van der Waals surface area contributed by atoms with Crippen LogP contribution in [-0.4, -0.2) is 13.7 Å². The smallest absolute Gasteiger partial charge is 0.131 e. The van der Waals surface area contributed by atoms with Gasteiger partial charge in [-0.25, -0.2) is 0 Å². The van der Waals surface area contributed by atoms with E-state index in [1.165, 1.54) is 29.2 Å². The number of rotatable bonds is 7. The fraction of sp³-hybridized carbons (Fsp3) is 0.444. The van der Waals surface area contributed by atoms with Crippen LogP contribution >= 0.6 is 0 Å². The maximum Gasteiger partial charge on any atom is 0.131 e. The van der Waals surface area contributed by atoms with E-state index in [2.05, 4.69) is 55.6 Å². The molecule has 0 aromatic heterocycles. The first kappa shape index (κ1) is 14.9. The number of fused-ring (bicyclic) bond motifs is 1. The first-order valence-corrected chi connectivity index (χ1v) is 7.59. The zero-order chi connectivity index (χ0) is 14.4. The minimum Gasteiger partial charge on any atom is -0.493 e. The number of hydrogen-bond donors (Lipinski definition) is 1. The van der Waals surface area contributed by atoms with Gasteiger partial charge in [-0.15, -0.1) is 0 Å². The second kappa shape index (κ2) is 7.30. The highest BCUT2D eigenvalue weighted by Crippen LogP contribution is 2.33. The second-order valence-corrected chi connectivity index (χ2v) is 5.27. The highest BCUT2D eigenvalue weighted by molar-refractivity contribution is 5.89. The summed E-state index contributed by atoms with van der Waals surface area (Å²) >= 11 is 0. The molecule has 2 nitrogen and oxygen atoms in total. The average Bonchev–Trinajstić information content (AvgIpc) is 2.50. The predicted octanol–water partition coefficient (Wildman–Crippen LogP) is 4.69. The Bertz CT molecular complexity index is 550. The van der Waals surface area contributed by atoms with Gasteiger partial charge < -0.3 is 10.1 Å². The molecule has 0 aliphatic heterocycles. The van der Waals surface area contributed by atoms with Crippen LogP contribution in [0.15, 0.2) is 36.4 Å². The molecule has 0 saturated carbocycles. The molecule has 0 saturated heterocycles. The molecule has 0 fully saturated rings. The summed E-state index contributed by atoms with van der Waals surface area (Å²) in [6.45, 7) is 5.18. The van der Waals surface area contributed by atoms with Gasteiger partial charge in [0.05, 0.1) is 6.61 Å².